The predicted molar refractivity (Wildman–Crippen MR) is 77.2 cm³/mol. The van der Waals surface area contributed by atoms with E-state index < -0.39 is 0 Å². The van der Waals surface area contributed by atoms with Crippen LogP contribution < -0.4 is 16.2 Å². The first kappa shape index (κ1) is 15.3. The molecule has 2 atom stereocenters. The van der Waals surface area contributed by atoms with E-state index in [1.165, 1.54) is 0 Å². The molecule has 0 fully saturated rings. The lowest BCUT2D eigenvalue weighted by Gasteiger charge is -2.28. The van der Waals surface area contributed by atoms with Crippen molar-refractivity contribution in [3.63, 3.8) is 0 Å². The van der Waals surface area contributed by atoms with Crippen LogP contribution in [0.1, 0.15) is 25.3 Å². The Balaban J connectivity index is 3.01. The number of halogens is 1. The van der Waals surface area contributed by atoms with Crippen molar-refractivity contribution in [2.45, 2.75) is 19.8 Å². The average Bonchev–Trinajstić information content (AvgIpc) is 2.39. The van der Waals surface area contributed by atoms with Gasteiger partial charge in [0.05, 0.1) is 7.11 Å². The maximum Gasteiger partial charge on any atom is 0.122 e. The predicted octanol–water partition coefficient (Wildman–Crippen LogP) is 2.62. The van der Waals surface area contributed by atoms with E-state index in [-0.39, 0.29) is 0 Å². The van der Waals surface area contributed by atoms with Crippen LogP contribution in [0.25, 0.3) is 0 Å². The zero-order valence-electron chi connectivity index (χ0n) is 11.3. The molecule has 3 nitrogen and oxygen atoms in total. The molecule has 0 aromatic heterocycles. The highest BCUT2D eigenvalue weighted by atomic mass is 35.5. The van der Waals surface area contributed by atoms with Gasteiger partial charge in [-0.15, -0.1) is 0 Å². The van der Waals surface area contributed by atoms with Crippen LogP contribution in [-0.2, 0) is 0 Å². The second-order valence-corrected chi connectivity index (χ2v) is 5.20. The van der Waals surface area contributed by atoms with Gasteiger partial charge in [0.2, 0.25) is 0 Å². The fraction of sp³-hybridized carbons (Fsp3) is 0.571. The number of methoxy groups -OCH3 is 1. The maximum absolute atomic E-state index is 6.06. The van der Waals surface area contributed by atoms with Gasteiger partial charge >= 0.3 is 0 Å². The van der Waals surface area contributed by atoms with Crippen LogP contribution in [0.15, 0.2) is 18.2 Å². The van der Waals surface area contributed by atoms with Crippen LogP contribution in [0.4, 0.5) is 0 Å². The summed E-state index contributed by atoms with van der Waals surface area (Å²) in [5.41, 5.74) is 12.6. The van der Waals surface area contributed by atoms with Crippen molar-refractivity contribution in [3.05, 3.63) is 28.8 Å². The molecule has 2 unspecified atom stereocenters. The zero-order valence-corrected chi connectivity index (χ0v) is 12.1. The van der Waals surface area contributed by atoms with Crippen molar-refractivity contribution in [2.24, 2.45) is 23.3 Å². The summed E-state index contributed by atoms with van der Waals surface area (Å²) in [5.74, 6) is 1.86. The molecule has 0 aliphatic carbocycles. The highest BCUT2D eigenvalue weighted by Gasteiger charge is 2.24. The summed E-state index contributed by atoms with van der Waals surface area (Å²) >= 11 is 6.06. The molecule has 0 aliphatic rings. The van der Waals surface area contributed by atoms with E-state index in [9.17, 15) is 0 Å². The topological polar surface area (TPSA) is 61.3 Å². The van der Waals surface area contributed by atoms with Gasteiger partial charge in [-0.25, -0.2) is 0 Å². The van der Waals surface area contributed by atoms with Crippen LogP contribution in [0.5, 0.6) is 5.75 Å². The first-order chi connectivity index (χ1) is 8.54. The Kier molecular flexibility index (Phi) is 5.93. The number of benzene rings is 1. The number of hydrogen-bond acceptors (Lipinski definition) is 3. The average molecular weight is 271 g/mol. The SMILES string of the molecule is COc1ccc(Cl)cc1C(C)C(C)C(CN)CN. The van der Waals surface area contributed by atoms with E-state index in [1.807, 2.05) is 18.2 Å². The summed E-state index contributed by atoms with van der Waals surface area (Å²) in [7, 11) is 1.67. The van der Waals surface area contributed by atoms with Crippen LogP contribution in [0.2, 0.25) is 5.02 Å². The van der Waals surface area contributed by atoms with Crippen molar-refractivity contribution in [1.29, 1.82) is 0 Å². The van der Waals surface area contributed by atoms with Crippen LogP contribution in [0, 0.1) is 11.8 Å². The minimum absolute atomic E-state index is 0.302. The van der Waals surface area contributed by atoms with Crippen LogP contribution >= 0.6 is 11.6 Å². The quantitative estimate of drug-likeness (QED) is 0.835. The molecule has 1 aromatic carbocycles. The molecule has 4 N–H and O–H groups in total. The van der Waals surface area contributed by atoms with Gasteiger partial charge in [-0.1, -0.05) is 25.4 Å². The van der Waals surface area contributed by atoms with Gasteiger partial charge in [0.15, 0.2) is 0 Å². The lowest BCUT2D eigenvalue weighted by atomic mass is 9.80. The molecule has 0 heterocycles. The molecule has 0 radical (unpaired) electrons. The van der Waals surface area contributed by atoms with Crippen molar-refractivity contribution in [3.8, 4) is 5.75 Å². The fourth-order valence-corrected chi connectivity index (χ4v) is 2.46. The molecule has 102 valence electrons. The number of rotatable bonds is 6. The van der Waals surface area contributed by atoms with E-state index in [4.69, 9.17) is 27.8 Å². The first-order valence-electron chi connectivity index (χ1n) is 6.28. The molecular formula is C14H23ClN2O. The molecule has 1 rings (SSSR count). The normalized spacial score (nSPS) is 14.6. The number of nitrogens with two attached hydrogens (primary N) is 2. The molecule has 0 spiro atoms. The maximum atomic E-state index is 6.06. The monoisotopic (exact) mass is 270 g/mol. The van der Waals surface area contributed by atoms with E-state index in [2.05, 4.69) is 13.8 Å². The van der Waals surface area contributed by atoms with Crippen molar-refractivity contribution in [1.82, 2.24) is 0 Å². The third-order valence-corrected chi connectivity index (χ3v) is 4.06. The van der Waals surface area contributed by atoms with Crippen molar-refractivity contribution >= 4 is 11.6 Å². The molecule has 0 saturated heterocycles. The molecule has 0 amide bonds. The van der Waals surface area contributed by atoms with E-state index in [0.717, 1.165) is 16.3 Å². The molecule has 0 bridgehead atoms. The van der Waals surface area contributed by atoms with Crippen molar-refractivity contribution in [2.75, 3.05) is 20.2 Å². The summed E-state index contributed by atoms with van der Waals surface area (Å²) < 4.78 is 5.40. The fourth-order valence-electron chi connectivity index (χ4n) is 2.28. The Morgan fingerprint density at radius 3 is 2.33 bits per heavy atom. The Morgan fingerprint density at radius 1 is 1.22 bits per heavy atom. The lowest BCUT2D eigenvalue weighted by Crippen LogP contribution is -2.31. The molecule has 1 aromatic rings. The highest BCUT2D eigenvalue weighted by molar-refractivity contribution is 6.30. The van der Waals surface area contributed by atoms with E-state index >= 15 is 0 Å². The third-order valence-electron chi connectivity index (χ3n) is 3.82. The largest absolute Gasteiger partial charge is 0.496 e. The van der Waals surface area contributed by atoms with E-state index in [1.54, 1.807) is 7.11 Å². The lowest BCUT2D eigenvalue weighted by molar-refractivity contribution is 0.319. The van der Waals surface area contributed by atoms with Gasteiger partial charge in [-0.2, -0.15) is 0 Å². The molecule has 18 heavy (non-hydrogen) atoms. The second kappa shape index (κ2) is 6.98. The standard InChI is InChI=1S/C14H23ClN2O/c1-9(11(7-16)8-17)10(2)13-6-12(15)4-5-14(13)18-3/h4-6,9-11H,7-8,16-17H2,1-3H3. The zero-order chi connectivity index (χ0) is 13.7. The molecular weight excluding hydrogens is 248 g/mol. The van der Waals surface area contributed by atoms with Crippen molar-refractivity contribution < 1.29 is 4.74 Å². The third kappa shape index (κ3) is 3.37. The molecule has 4 heteroatoms. The van der Waals surface area contributed by atoms with Crippen LogP contribution in [-0.4, -0.2) is 20.2 Å². The summed E-state index contributed by atoms with van der Waals surface area (Å²) in [5, 5.41) is 0.724. The smallest absolute Gasteiger partial charge is 0.122 e. The van der Waals surface area contributed by atoms with Gasteiger partial charge in [-0.3, -0.25) is 0 Å². The van der Waals surface area contributed by atoms with Gasteiger partial charge < -0.3 is 16.2 Å². The summed E-state index contributed by atoms with van der Waals surface area (Å²) in [4.78, 5) is 0. The van der Waals surface area contributed by atoms with Gasteiger partial charge in [0, 0.05) is 5.02 Å². The number of ether oxygens (including phenoxy) is 1. The van der Waals surface area contributed by atoms with Gasteiger partial charge in [0.25, 0.3) is 0 Å². The Labute approximate surface area is 114 Å². The molecule has 0 saturated carbocycles. The van der Waals surface area contributed by atoms with Gasteiger partial charge in [0.1, 0.15) is 5.75 Å². The summed E-state index contributed by atoms with van der Waals surface area (Å²) in [6.07, 6.45) is 0. The first-order valence-corrected chi connectivity index (χ1v) is 6.66. The summed E-state index contributed by atoms with van der Waals surface area (Å²) in [6.45, 7) is 5.54. The Bertz CT molecular complexity index is 380. The van der Waals surface area contributed by atoms with Gasteiger partial charge in [-0.05, 0) is 54.6 Å². The second-order valence-electron chi connectivity index (χ2n) is 4.77. The number of hydrogen-bond donors (Lipinski definition) is 2. The Hall–Kier alpha value is -0.770. The minimum atomic E-state index is 0.302. The molecule has 0 aliphatic heterocycles. The highest BCUT2D eigenvalue weighted by Crippen LogP contribution is 2.36. The Morgan fingerprint density at radius 2 is 1.83 bits per heavy atom. The minimum Gasteiger partial charge on any atom is -0.496 e. The summed E-state index contributed by atoms with van der Waals surface area (Å²) in [6, 6.07) is 5.71. The van der Waals surface area contributed by atoms with E-state index in [0.29, 0.717) is 30.8 Å². The van der Waals surface area contributed by atoms with Crippen LogP contribution in [0.3, 0.4) is 0 Å².